The number of hydrogen-bond donors (Lipinski definition) is 2. The molecule has 4 rings (SSSR count). The molecule has 0 aliphatic rings. The number of nitrogens with one attached hydrogen (secondary N) is 1. The van der Waals surface area contributed by atoms with Crippen molar-refractivity contribution in [2.24, 2.45) is 0 Å². The lowest BCUT2D eigenvalue weighted by atomic mass is 10.1. The molecule has 0 saturated heterocycles. The highest BCUT2D eigenvalue weighted by Gasteiger charge is 2.12. The fourth-order valence-corrected chi connectivity index (χ4v) is 3.76. The number of benzene rings is 1. The Hall–Kier alpha value is -3.90. The van der Waals surface area contributed by atoms with Crippen LogP contribution in [0.3, 0.4) is 0 Å². The molecule has 0 fully saturated rings. The average Bonchev–Trinajstić information content (AvgIpc) is 3.21. The van der Waals surface area contributed by atoms with Crippen LogP contribution in [0.2, 0.25) is 0 Å². The number of methoxy groups -OCH3 is 1. The number of aromatic nitrogens is 6. The van der Waals surface area contributed by atoms with Crippen LogP contribution in [-0.4, -0.2) is 51.7 Å². The second-order valence-corrected chi connectivity index (χ2v) is 9.05. The number of rotatable bonds is 8. The molecule has 1 aromatic carbocycles. The van der Waals surface area contributed by atoms with Gasteiger partial charge >= 0.3 is 0 Å². The van der Waals surface area contributed by atoms with E-state index in [0.717, 1.165) is 17.6 Å². The van der Waals surface area contributed by atoms with Crippen LogP contribution in [-0.2, 0) is 27.9 Å². The van der Waals surface area contributed by atoms with Crippen LogP contribution in [0, 0.1) is 0 Å². The Bertz CT molecular complexity index is 1390. The molecule has 0 bridgehead atoms. The van der Waals surface area contributed by atoms with Crippen LogP contribution in [0.25, 0.3) is 22.6 Å². The van der Waals surface area contributed by atoms with Crippen molar-refractivity contribution in [2.45, 2.75) is 13.2 Å². The zero-order chi connectivity index (χ0) is 23.4. The molecule has 170 valence electrons. The first-order valence-corrected chi connectivity index (χ1v) is 11.8. The van der Waals surface area contributed by atoms with Gasteiger partial charge in [-0.25, -0.2) is 23.1 Å². The molecule has 0 atom stereocenters. The average molecular weight is 467 g/mol. The summed E-state index contributed by atoms with van der Waals surface area (Å²) >= 11 is 0. The van der Waals surface area contributed by atoms with E-state index in [0.29, 0.717) is 41.5 Å². The number of pyridine rings is 1. The molecule has 0 amide bonds. The van der Waals surface area contributed by atoms with E-state index in [9.17, 15) is 8.42 Å². The maximum absolute atomic E-state index is 11.5. The third-order valence-electron chi connectivity index (χ3n) is 4.49. The zero-order valence-corrected chi connectivity index (χ0v) is 18.8. The van der Waals surface area contributed by atoms with Gasteiger partial charge in [-0.3, -0.25) is 9.71 Å². The number of nitrogens with zero attached hydrogens (tertiary/aromatic N) is 6. The van der Waals surface area contributed by atoms with Crippen LogP contribution in [0.15, 0.2) is 54.7 Å². The molecule has 0 spiro atoms. The first kappa shape index (κ1) is 22.3. The van der Waals surface area contributed by atoms with Gasteiger partial charge < -0.3 is 10.5 Å². The first-order chi connectivity index (χ1) is 15.8. The highest BCUT2D eigenvalue weighted by atomic mass is 32.2. The molecule has 11 nitrogen and oxygen atoms in total. The molecule has 3 aromatic heterocycles. The van der Waals surface area contributed by atoms with E-state index in [2.05, 4.69) is 30.0 Å². The van der Waals surface area contributed by atoms with E-state index >= 15 is 0 Å². The number of sulfonamides is 1. The maximum atomic E-state index is 11.5. The third-order valence-corrected chi connectivity index (χ3v) is 5.09. The summed E-state index contributed by atoms with van der Waals surface area (Å²) in [5.74, 6) is 0.0625. The van der Waals surface area contributed by atoms with Gasteiger partial charge in [-0.15, -0.1) is 5.10 Å². The highest BCUT2D eigenvalue weighted by molar-refractivity contribution is 7.92. The van der Waals surface area contributed by atoms with Crippen molar-refractivity contribution < 1.29 is 13.2 Å². The number of hydrogen-bond acceptors (Lipinski definition) is 9. The minimum Gasteiger partial charge on any atom is -0.378 e. The molecule has 0 radical (unpaired) electrons. The zero-order valence-electron chi connectivity index (χ0n) is 18.0. The first-order valence-electron chi connectivity index (χ1n) is 9.86. The fourth-order valence-electron chi connectivity index (χ4n) is 3.21. The molecule has 12 heteroatoms. The minimum absolute atomic E-state index is 0.0625. The molecule has 3 heterocycles. The van der Waals surface area contributed by atoms with Gasteiger partial charge in [-0.2, -0.15) is 0 Å². The van der Waals surface area contributed by atoms with Gasteiger partial charge in [0.2, 0.25) is 16.0 Å². The predicted molar refractivity (Wildman–Crippen MR) is 123 cm³/mol. The van der Waals surface area contributed by atoms with Gasteiger partial charge in [-0.05, 0) is 30.3 Å². The molecular weight excluding hydrogens is 444 g/mol. The monoisotopic (exact) mass is 466 g/mol. The van der Waals surface area contributed by atoms with Gasteiger partial charge in [0.25, 0.3) is 0 Å². The molecular formula is C21H22N8O3S. The van der Waals surface area contributed by atoms with Crippen molar-refractivity contribution in [2.75, 3.05) is 23.8 Å². The summed E-state index contributed by atoms with van der Waals surface area (Å²) in [5, 5.41) is 8.37. The quantitative estimate of drug-likeness (QED) is 0.397. The maximum Gasteiger partial charge on any atom is 0.229 e. The SMILES string of the molecule is COCc1cccc(Cn2cc(-c3cc(-c4cccc(NS(C)(=O)=O)c4)nc(N)n3)nn2)n1. The second-order valence-electron chi connectivity index (χ2n) is 7.31. The largest absolute Gasteiger partial charge is 0.378 e. The molecule has 0 aliphatic carbocycles. The van der Waals surface area contributed by atoms with E-state index in [1.807, 2.05) is 18.2 Å². The van der Waals surface area contributed by atoms with Crippen molar-refractivity contribution in [1.29, 1.82) is 0 Å². The number of ether oxygens (including phenoxy) is 1. The van der Waals surface area contributed by atoms with Crippen molar-refractivity contribution >= 4 is 21.7 Å². The lowest BCUT2D eigenvalue weighted by Gasteiger charge is -2.08. The smallest absolute Gasteiger partial charge is 0.229 e. The minimum atomic E-state index is -3.41. The lowest BCUT2D eigenvalue weighted by molar-refractivity contribution is 0.181. The van der Waals surface area contributed by atoms with E-state index in [4.69, 9.17) is 10.5 Å². The Morgan fingerprint density at radius 2 is 1.76 bits per heavy atom. The summed E-state index contributed by atoms with van der Waals surface area (Å²) in [7, 11) is -1.78. The van der Waals surface area contributed by atoms with E-state index in [1.165, 1.54) is 0 Å². The number of nitrogens with two attached hydrogens (primary N) is 1. The van der Waals surface area contributed by atoms with E-state index in [1.54, 1.807) is 48.3 Å². The molecule has 4 aromatic rings. The van der Waals surface area contributed by atoms with Crippen LogP contribution in [0.1, 0.15) is 11.4 Å². The van der Waals surface area contributed by atoms with Gasteiger partial charge in [0.15, 0.2) is 0 Å². The Labute approximate surface area is 190 Å². The summed E-state index contributed by atoms with van der Waals surface area (Å²) in [6.45, 7) is 0.859. The van der Waals surface area contributed by atoms with Crippen molar-refractivity contribution in [1.82, 2.24) is 29.9 Å². The Morgan fingerprint density at radius 1 is 1.00 bits per heavy atom. The summed E-state index contributed by atoms with van der Waals surface area (Å²) in [6, 6.07) is 14.3. The number of anilines is 2. The van der Waals surface area contributed by atoms with Crippen molar-refractivity contribution in [3.05, 3.63) is 66.1 Å². The summed E-state index contributed by atoms with van der Waals surface area (Å²) in [6.07, 6.45) is 2.84. The van der Waals surface area contributed by atoms with Crippen LogP contribution >= 0.6 is 0 Å². The highest BCUT2D eigenvalue weighted by Crippen LogP contribution is 2.25. The van der Waals surface area contributed by atoms with Crippen molar-refractivity contribution in [3.63, 3.8) is 0 Å². The standard InChI is InChI=1S/C21H22N8O3S/c1-32-13-17-8-4-7-16(23-17)11-29-12-20(26-28-29)19-10-18(24-21(22)25-19)14-5-3-6-15(9-14)27-33(2,30)31/h3-10,12,27H,11,13H2,1-2H3,(H2,22,24,25). The Morgan fingerprint density at radius 3 is 2.55 bits per heavy atom. The Kier molecular flexibility index (Phi) is 6.29. The van der Waals surface area contributed by atoms with Crippen LogP contribution in [0.4, 0.5) is 11.6 Å². The predicted octanol–water partition coefficient (Wildman–Crippen LogP) is 1.95. The van der Waals surface area contributed by atoms with Gasteiger partial charge in [0.1, 0.15) is 5.69 Å². The van der Waals surface area contributed by atoms with E-state index < -0.39 is 10.0 Å². The normalized spacial score (nSPS) is 11.5. The molecule has 3 N–H and O–H groups in total. The van der Waals surface area contributed by atoms with Gasteiger partial charge in [0.05, 0.1) is 48.4 Å². The fraction of sp³-hybridized carbons (Fsp3) is 0.190. The lowest BCUT2D eigenvalue weighted by Crippen LogP contribution is -2.09. The molecule has 0 aliphatic heterocycles. The summed E-state index contributed by atoms with van der Waals surface area (Å²) in [4.78, 5) is 13.1. The topological polar surface area (TPSA) is 151 Å². The Balaban J connectivity index is 1.60. The van der Waals surface area contributed by atoms with Gasteiger partial charge in [0, 0.05) is 18.4 Å². The number of nitrogen functional groups attached to an aromatic ring is 1. The van der Waals surface area contributed by atoms with Crippen molar-refractivity contribution in [3.8, 4) is 22.6 Å². The second kappa shape index (κ2) is 9.30. The molecule has 33 heavy (non-hydrogen) atoms. The van der Waals surface area contributed by atoms with Crippen LogP contribution in [0.5, 0.6) is 0 Å². The summed E-state index contributed by atoms with van der Waals surface area (Å²) < 4.78 is 32.3. The van der Waals surface area contributed by atoms with Crippen LogP contribution < -0.4 is 10.5 Å². The summed E-state index contributed by atoms with van der Waals surface area (Å²) in [5.41, 5.74) is 10.2. The van der Waals surface area contributed by atoms with Gasteiger partial charge in [-0.1, -0.05) is 23.4 Å². The van der Waals surface area contributed by atoms with E-state index in [-0.39, 0.29) is 5.95 Å². The molecule has 0 unspecified atom stereocenters. The molecule has 0 saturated carbocycles. The third kappa shape index (κ3) is 5.87.